The second kappa shape index (κ2) is 27.4. The van der Waals surface area contributed by atoms with Gasteiger partial charge in [0.15, 0.2) is 5.69 Å². The maximum atomic E-state index is 13.9. The van der Waals surface area contributed by atoms with Gasteiger partial charge in [0.05, 0.1) is 47.2 Å². The molecule has 7 heterocycles. The lowest BCUT2D eigenvalue weighted by Gasteiger charge is -2.20. The van der Waals surface area contributed by atoms with Gasteiger partial charge in [-0.3, -0.25) is 47.9 Å². The topological polar surface area (TPSA) is 452 Å². The molecule has 10 amide bonds. The van der Waals surface area contributed by atoms with Crippen LogP contribution in [0.4, 0.5) is 0 Å². The van der Waals surface area contributed by atoms with Crippen LogP contribution in [0.15, 0.2) is 124 Å². The van der Waals surface area contributed by atoms with Gasteiger partial charge >= 0.3 is 5.97 Å². The fourth-order valence-corrected chi connectivity index (χ4v) is 9.30. The lowest BCUT2D eigenvalue weighted by molar-refractivity contribution is -0.134. The van der Waals surface area contributed by atoms with Crippen molar-refractivity contribution >= 4 is 110 Å². The number of nitrogens with zero attached hydrogens (tertiary/aromatic N) is 6. The van der Waals surface area contributed by atoms with Crippen molar-refractivity contribution in [3.8, 4) is 22.0 Å². The molecule has 2 unspecified atom stereocenters. The number of hydrogen-bond acceptors (Lipinski definition) is 23. The molecule has 12 N–H and O–H groups in total. The molecule has 1 aliphatic heterocycles. The number of rotatable bonds is 11. The Morgan fingerprint density at radius 1 is 0.667 bits per heavy atom. The Morgan fingerprint density at radius 2 is 1.24 bits per heavy atom. The van der Waals surface area contributed by atoms with Gasteiger partial charge in [-0.05, 0) is 32.4 Å². The maximum Gasteiger partial charge on any atom is 0.351 e. The molecule has 1 aliphatic rings. The van der Waals surface area contributed by atoms with E-state index in [0.717, 1.165) is 46.5 Å². The molecule has 34 heteroatoms. The highest BCUT2D eigenvalue weighted by molar-refractivity contribution is 7.13. The summed E-state index contributed by atoms with van der Waals surface area (Å²) in [5.74, 6) is -11.7. The summed E-state index contributed by atoms with van der Waals surface area (Å²) >= 11 is 3.00. The van der Waals surface area contributed by atoms with E-state index in [0.29, 0.717) is 16.4 Å². The smallest absolute Gasteiger partial charge is 0.351 e. The van der Waals surface area contributed by atoms with Crippen molar-refractivity contribution in [3.63, 3.8) is 0 Å². The standard InChI is InChI=1S/C53H48N16O15S3/c1-10-11-30-50-66-32(16-84-50)43(75)54-14-36-62-33(17-85-36)45(77)60-25(7)51-67-34(18-86-51)46(78)58-23(5)41(73)59-24(6)49-65-31(15-83-49)38-28(52-68-35(19-87-52)47(79)69-37(27(9)70)48(80)64-30)12-13-29(63-38)44(76)57-22(4)40(72)55-20(2)39(71)56-21(3)42(74)61-26(8)53(81)82/h11-13,15-19,25,27,37,70H,2-6,8,10,14H2,1,7,9H3,(H,54,75)(H,55,72)(H,56,71)(H,57,76)(H,58,78)(H,59,73)(H,60,77)(H,61,74)(H,64,80)(H,69,79)(H,81,82)/b30-11+/t25?,27?,37-/m0/s1/i14+1,20+1,21+1,22+1,23+1,24+1,25+1,26+1,28+1,29+1,31+1,32+1,33+1,34+1,35+1. The van der Waals surface area contributed by atoms with Gasteiger partial charge in [0.2, 0.25) is 17.7 Å². The van der Waals surface area contributed by atoms with E-state index in [-0.39, 0.29) is 74.5 Å². The molecule has 0 spiro atoms. The number of carboxylic acid groups (broad SMARTS) is 1. The molecule has 3 atom stereocenters. The average Bonchev–Trinajstić information content (AvgIpc) is 2.00. The zero-order valence-corrected chi connectivity index (χ0v) is 48.1. The number of allylic oxidation sites excluding steroid dienone is 1. The summed E-state index contributed by atoms with van der Waals surface area (Å²) in [5, 5.41) is 47.9. The first-order valence-electron chi connectivity index (χ1n) is 24.8. The maximum absolute atomic E-state index is 13.9. The Hall–Kier alpha value is -11.2. The highest BCUT2D eigenvalue weighted by Crippen LogP contribution is 2.34. The predicted octanol–water partition coefficient (Wildman–Crippen LogP) is 1.79. The first-order chi connectivity index (χ1) is 41.2. The largest absolute Gasteiger partial charge is 0.477 e. The van der Waals surface area contributed by atoms with E-state index in [1.54, 1.807) is 13.8 Å². The van der Waals surface area contributed by atoms with Gasteiger partial charge < -0.3 is 72.2 Å². The molecule has 448 valence electrons. The molecule has 31 nitrogen and oxygen atoms in total. The predicted molar refractivity (Wildman–Crippen MR) is 308 cm³/mol. The number of pyridine rings is 1. The number of oxazole rings is 2. The minimum atomic E-state index is -1.63. The molecule has 7 rings (SSSR count). The molecule has 0 radical (unpaired) electrons. The van der Waals surface area contributed by atoms with Crippen molar-refractivity contribution in [3.05, 3.63) is 165 Å². The van der Waals surface area contributed by atoms with Gasteiger partial charge in [0.1, 0.15) is 79.1 Å². The number of aliphatic hydroxyl groups is 1. The summed E-state index contributed by atoms with van der Waals surface area (Å²) in [5.41, 5.74) is -4.68. The first-order valence-corrected chi connectivity index (χ1v) is 27.5. The third-order valence-corrected chi connectivity index (χ3v) is 14.1. The number of amides is 10. The lowest BCUT2D eigenvalue weighted by Crippen LogP contribution is -2.52. The van der Waals surface area contributed by atoms with Gasteiger partial charge in [-0.2, -0.15) is 0 Å². The summed E-state index contributed by atoms with van der Waals surface area (Å²) in [4.78, 5) is 170. The SMILES string of the molecule is C=[13C](NC(=O)[13C](=C)NC(=O)[13C](=C)NC(=O)[13C](=C)NC(=O)[13c]1cc[13c]2c(n1)-[13c]1coc(n1)[13C](=C)NC(=O)[13C](=C)NC(=O)[13c]1csc(n1)[13CH](C)NC(=O)[13c]1csc(n1)[13CH2]NC(=O)[13c]1coc(n1)/C(=C\CC)NC(=O)[C@H](C(C)O)NC(=O)[13c]1csc-2n1)C(=O)O. The molecular formula is C53H48N16O15S3. The highest BCUT2D eigenvalue weighted by Gasteiger charge is 2.31. The van der Waals surface area contributed by atoms with Crippen LogP contribution in [-0.4, -0.2) is 117 Å². The highest BCUT2D eigenvalue weighted by atomic mass is 32.1. The van der Waals surface area contributed by atoms with Gasteiger partial charge in [-0.25, -0.2) is 34.7 Å². The summed E-state index contributed by atoms with van der Waals surface area (Å²) in [6.45, 7) is 25.3. The van der Waals surface area contributed by atoms with Crippen LogP contribution in [0.2, 0.25) is 0 Å². The lowest BCUT2D eigenvalue weighted by atomic mass is 10.1. The number of aromatic nitrogens is 6. The van der Waals surface area contributed by atoms with Crippen molar-refractivity contribution in [1.82, 2.24) is 83.1 Å². The molecule has 6 aromatic heterocycles. The van der Waals surface area contributed by atoms with E-state index in [1.807, 2.05) is 10.6 Å². The van der Waals surface area contributed by atoms with Crippen LogP contribution in [0.25, 0.3) is 33.4 Å². The van der Waals surface area contributed by atoms with Gasteiger partial charge in [0, 0.05) is 21.7 Å². The van der Waals surface area contributed by atoms with Gasteiger partial charge in [0.25, 0.3) is 53.2 Å². The Balaban J connectivity index is 1.16. The minimum absolute atomic E-state index is 0.0174. The summed E-state index contributed by atoms with van der Waals surface area (Å²) in [6, 6.07) is 0.147. The van der Waals surface area contributed by atoms with Crippen LogP contribution in [0.1, 0.15) is 107 Å². The van der Waals surface area contributed by atoms with E-state index in [2.05, 4.69) is 112 Å². The minimum Gasteiger partial charge on any atom is -0.477 e. The molecule has 0 fully saturated rings. The Kier molecular flexibility index (Phi) is 20.0. The molecule has 0 saturated heterocycles. The van der Waals surface area contributed by atoms with Crippen LogP contribution in [0, 0.1) is 0 Å². The van der Waals surface area contributed by atoms with Crippen LogP contribution in [0.3, 0.4) is 0 Å². The van der Waals surface area contributed by atoms with Crippen molar-refractivity contribution in [2.24, 2.45) is 0 Å². The normalized spacial score (nSPS) is 16.1. The second-order valence-corrected chi connectivity index (χ2v) is 20.6. The van der Waals surface area contributed by atoms with Crippen LogP contribution in [-0.2, 0) is 35.3 Å². The van der Waals surface area contributed by atoms with Gasteiger partial charge in [-0.1, -0.05) is 52.5 Å². The molecule has 6 aromatic rings. The van der Waals surface area contributed by atoms with Crippen LogP contribution < -0.4 is 53.2 Å². The number of carboxylic acids is 1. The van der Waals surface area contributed by atoms with Crippen molar-refractivity contribution in [2.75, 3.05) is 0 Å². The zero-order chi connectivity index (χ0) is 63.6. The van der Waals surface area contributed by atoms with E-state index in [4.69, 9.17) is 13.9 Å². The van der Waals surface area contributed by atoms with E-state index in [9.17, 15) is 57.8 Å². The number of carbonyl (C=O) groups is 11. The van der Waals surface area contributed by atoms with Crippen molar-refractivity contribution in [2.45, 2.75) is 51.9 Å². The van der Waals surface area contributed by atoms with Gasteiger partial charge in [-0.15, -0.1) is 34.0 Å². The zero-order valence-electron chi connectivity index (χ0n) is 45.6. The number of aliphatic hydroxyl groups excluding tert-OH is 1. The summed E-state index contributed by atoms with van der Waals surface area (Å²) in [6.07, 6.45) is 2.40. The Morgan fingerprint density at radius 3 is 1.91 bits per heavy atom. The van der Waals surface area contributed by atoms with Crippen molar-refractivity contribution < 1.29 is 71.8 Å². The van der Waals surface area contributed by atoms with Crippen LogP contribution in [0.5, 0.6) is 0 Å². The summed E-state index contributed by atoms with van der Waals surface area (Å²) in [7, 11) is 0. The fourth-order valence-electron chi connectivity index (χ4n) is 6.96. The third kappa shape index (κ3) is 15.7. The average molecular weight is 1260 g/mol. The molecule has 10 bridgehead atoms. The molecular weight excluding hydrogens is 1210 g/mol. The third-order valence-electron chi connectivity index (χ3n) is 11.4. The Bertz CT molecular complexity index is 3970. The Labute approximate surface area is 502 Å². The number of carbonyl (C=O) groups excluding carboxylic acids is 10. The first kappa shape index (κ1) is 63.4. The fraction of sp³-hybridized carbons (Fsp3) is 0.151. The molecule has 87 heavy (non-hydrogen) atoms. The molecule has 0 saturated carbocycles. The van der Waals surface area contributed by atoms with E-state index < -0.39 is 117 Å². The quantitative estimate of drug-likeness (QED) is 0.0650. The van der Waals surface area contributed by atoms with Crippen LogP contribution >= 0.6 is 34.0 Å². The number of thiazole rings is 3. The molecule has 0 aromatic carbocycles. The van der Waals surface area contributed by atoms with E-state index >= 15 is 0 Å². The number of hydrogen-bond donors (Lipinski definition) is 12. The number of aliphatic carboxylic acids is 1. The number of fused-ring (bicyclic) bond motifs is 13. The second-order valence-electron chi connectivity index (χ2n) is 17.9. The number of nitrogens with one attached hydrogen (secondary N) is 10. The molecule has 0 aliphatic carbocycles. The van der Waals surface area contributed by atoms with Crippen molar-refractivity contribution in [1.29, 1.82) is 0 Å². The summed E-state index contributed by atoms with van der Waals surface area (Å²) < 4.78 is 11.2. The van der Waals surface area contributed by atoms with E-state index in [1.165, 1.54) is 41.3 Å². The monoisotopic (exact) mass is 1260 g/mol.